The number of rotatable bonds is 3. The van der Waals surface area contributed by atoms with Crippen LogP contribution >= 0.6 is 0 Å². The van der Waals surface area contributed by atoms with Crippen LogP contribution in [0.2, 0.25) is 0 Å². The van der Waals surface area contributed by atoms with E-state index in [0.29, 0.717) is 11.3 Å². The molecule has 0 aliphatic carbocycles. The number of carbonyl (C=O) groups is 1. The smallest absolute Gasteiger partial charge is 0.257 e. The van der Waals surface area contributed by atoms with Crippen LogP contribution in [0.4, 0.5) is 0 Å². The Kier molecular flexibility index (Phi) is 4.29. The Balaban J connectivity index is 1.90. The maximum atomic E-state index is 12.8. The number of hydrogen-bond donors (Lipinski definition) is 0. The summed E-state index contributed by atoms with van der Waals surface area (Å²) in [5.74, 6) is 0.722. The molecule has 1 amide bonds. The monoisotopic (exact) mass is 298 g/mol. The minimum absolute atomic E-state index is 0.0679. The van der Waals surface area contributed by atoms with Crippen LogP contribution in [0.15, 0.2) is 36.4 Å². The van der Waals surface area contributed by atoms with Gasteiger partial charge in [-0.1, -0.05) is 31.2 Å². The highest BCUT2D eigenvalue weighted by molar-refractivity contribution is 6.01. The third-order valence-electron chi connectivity index (χ3n) is 4.40. The topological polar surface area (TPSA) is 32.8 Å². The van der Waals surface area contributed by atoms with Crippen molar-refractivity contribution in [3.8, 4) is 5.75 Å². The van der Waals surface area contributed by atoms with Gasteiger partial charge >= 0.3 is 0 Å². The molecule has 1 heterocycles. The van der Waals surface area contributed by atoms with Crippen LogP contribution in [-0.2, 0) is 0 Å². The van der Waals surface area contributed by atoms with Crippen LogP contribution < -0.4 is 4.74 Å². The molecule has 0 spiro atoms. The van der Waals surface area contributed by atoms with Crippen molar-refractivity contribution < 1.29 is 9.53 Å². The molecule has 0 unspecified atom stereocenters. The third kappa shape index (κ3) is 2.79. The number of ether oxygens (including phenoxy) is 1. The molecule has 3 rings (SSSR count). The summed E-state index contributed by atoms with van der Waals surface area (Å²) >= 11 is 0. The minimum atomic E-state index is 0.0679. The molecule has 116 valence electrons. The van der Waals surface area contributed by atoms with Crippen LogP contribution in [0.3, 0.4) is 0 Å². The Morgan fingerprint density at radius 3 is 2.32 bits per heavy atom. The predicted molar refractivity (Wildman–Crippen MR) is 88.5 cm³/mol. The highest BCUT2D eigenvalue weighted by Crippen LogP contribution is 2.27. The highest BCUT2D eigenvalue weighted by atomic mass is 16.5. The van der Waals surface area contributed by atoms with E-state index >= 15 is 0 Å². The molecule has 2 aromatic carbocycles. The molecule has 1 aliphatic rings. The zero-order valence-corrected chi connectivity index (χ0v) is 13.2. The van der Waals surface area contributed by atoms with Gasteiger partial charge < -0.3 is 14.5 Å². The lowest BCUT2D eigenvalue weighted by molar-refractivity contribution is 0.0640. The van der Waals surface area contributed by atoms with Crippen LogP contribution in [0.5, 0.6) is 5.75 Å². The van der Waals surface area contributed by atoms with Gasteiger partial charge in [-0.05, 0) is 29.4 Å². The normalized spacial score (nSPS) is 16.0. The molecule has 0 aromatic heterocycles. The second kappa shape index (κ2) is 6.36. The second-order valence-corrected chi connectivity index (χ2v) is 5.63. The zero-order valence-electron chi connectivity index (χ0n) is 13.2. The highest BCUT2D eigenvalue weighted by Gasteiger charge is 2.24. The summed E-state index contributed by atoms with van der Waals surface area (Å²) in [5, 5.41) is 2.16. The molecule has 1 aliphatic heterocycles. The quantitative estimate of drug-likeness (QED) is 0.873. The minimum Gasteiger partial charge on any atom is -0.496 e. The van der Waals surface area contributed by atoms with Gasteiger partial charge in [-0.25, -0.2) is 0 Å². The standard InChI is InChI=1S/C18H22N2O2/c1-3-19-8-10-20(11-9-19)18(21)16-12-14-6-4-5-7-15(14)13-17(16)22-2/h4-7,12-13H,3,8-11H2,1-2H3. The van der Waals surface area contributed by atoms with Crippen molar-refractivity contribution in [2.45, 2.75) is 6.92 Å². The molecule has 22 heavy (non-hydrogen) atoms. The van der Waals surface area contributed by atoms with Crippen molar-refractivity contribution in [1.82, 2.24) is 9.80 Å². The van der Waals surface area contributed by atoms with Gasteiger partial charge in [-0.2, -0.15) is 0 Å². The second-order valence-electron chi connectivity index (χ2n) is 5.63. The third-order valence-corrected chi connectivity index (χ3v) is 4.40. The van der Waals surface area contributed by atoms with Crippen LogP contribution in [0.25, 0.3) is 10.8 Å². The summed E-state index contributed by atoms with van der Waals surface area (Å²) in [6, 6.07) is 11.9. The molecule has 1 saturated heterocycles. The lowest BCUT2D eigenvalue weighted by Gasteiger charge is -2.34. The van der Waals surface area contributed by atoms with E-state index in [0.717, 1.165) is 43.5 Å². The number of benzene rings is 2. The fourth-order valence-electron chi connectivity index (χ4n) is 2.99. The molecule has 1 fully saturated rings. The van der Waals surface area contributed by atoms with Gasteiger partial charge in [0.1, 0.15) is 5.75 Å². The first-order chi connectivity index (χ1) is 10.7. The molecule has 0 saturated carbocycles. The first-order valence-corrected chi connectivity index (χ1v) is 7.81. The molecule has 0 bridgehead atoms. The number of fused-ring (bicyclic) bond motifs is 1. The van der Waals surface area contributed by atoms with Gasteiger partial charge in [0.15, 0.2) is 0 Å². The van der Waals surface area contributed by atoms with Gasteiger partial charge in [0.05, 0.1) is 12.7 Å². The molecule has 2 aromatic rings. The molecule has 0 N–H and O–H groups in total. The summed E-state index contributed by atoms with van der Waals surface area (Å²) in [7, 11) is 1.62. The summed E-state index contributed by atoms with van der Waals surface area (Å²) in [6.07, 6.45) is 0. The van der Waals surface area contributed by atoms with Gasteiger partial charge in [-0.3, -0.25) is 4.79 Å². The van der Waals surface area contributed by atoms with Crippen LogP contribution in [0.1, 0.15) is 17.3 Å². The molecule has 4 heteroatoms. The molecule has 0 radical (unpaired) electrons. The SMILES string of the molecule is CCN1CCN(C(=O)c2cc3ccccc3cc2OC)CC1. The Morgan fingerprint density at radius 1 is 1.09 bits per heavy atom. The van der Waals surface area contributed by atoms with Crippen molar-refractivity contribution in [2.75, 3.05) is 39.8 Å². The number of piperazine rings is 1. The zero-order chi connectivity index (χ0) is 15.5. The predicted octanol–water partition coefficient (Wildman–Crippen LogP) is 2.63. The first-order valence-electron chi connectivity index (χ1n) is 7.81. The average Bonchev–Trinajstić information content (AvgIpc) is 2.60. The van der Waals surface area contributed by atoms with E-state index in [1.165, 1.54) is 0 Å². The Bertz CT molecular complexity index is 676. The molecular weight excluding hydrogens is 276 g/mol. The van der Waals surface area contributed by atoms with Crippen molar-refractivity contribution in [3.63, 3.8) is 0 Å². The summed E-state index contributed by atoms with van der Waals surface area (Å²) in [6.45, 7) is 6.65. The Labute approximate surface area is 131 Å². The Hall–Kier alpha value is -2.07. The van der Waals surface area contributed by atoms with E-state index in [-0.39, 0.29) is 5.91 Å². The first kappa shape index (κ1) is 14.9. The molecule has 0 atom stereocenters. The van der Waals surface area contributed by atoms with Crippen molar-refractivity contribution in [3.05, 3.63) is 42.0 Å². The van der Waals surface area contributed by atoms with Crippen LogP contribution in [0, 0.1) is 0 Å². The van der Waals surface area contributed by atoms with E-state index < -0.39 is 0 Å². The lowest BCUT2D eigenvalue weighted by atomic mass is 10.0. The number of methoxy groups -OCH3 is 1. The number of carbonyl (C=O) groups excluding carboxylic acids is 1. The van der Waals surface area contributed by atoms with Gasteiger partial charge in [-0.15, -0.1) is 0 Å². The Morgan fingerprint density at radius 2 is 1.73 bits per heavy atom. The maximum absolute atomic E-state index is 12.8. The number of amides is 1. The van der Waals surface area contributed by atoms with Crippen molar-refractivity contribution >= 4 is 16.7 Å². The van der Waals surface area contributed by atoms with Gasteiger partial charge in [0.25, 0.3) is 5.91 Å². The maximum Gasteiger partial charge on any atom is 0.257 e. The van der Waals surface area contributed by atoms with E-state index in [2.05, 4.69) is 11.8 Å². The van der Waals surface area contributed by atoms with E-state index in [1.807, 2.05) is 41.3 Å². The van der Waals surface area contributed by atoms with Crippen LogP contribution in [-0.4, -0.2) is 55.5 Å². The lowest BCUT2D eigenvalue weighted by Crippen LogP contribution is -2.48. The van der Waals surface area contributed by atoms with E-state index in [4.69, 9.17) is 4.74 Å². The van der Waals surface area contributed by atoms with Gasteiger partial charge in [0, 0.05) is 26.2 Å². The van der Waals surface area contributed by atoms with E-state index in [1.54, 1.807) is 7.11 Å². The fourth-order valence-corrected chi connectivity index (χ4v) is 2.99. The molecule has 4 nitrogen and oxygen atoms in total. The average molecular weight is 298 g/mol. The fraction of sp³-hybridized carbons (Fsp3) is 0.389. The largest absolute Gasteiger partial charge is 0.496 e. The summed E-state index contributed by atoms with van der Waals surface area (Å²) in [5.41, 5.74) is 0.658. The number of hydrogen-bond acceptors (Lipinski definition) is 3. The van der Waals surface area contributed by atoms with Crippen molar-refractivity contribution in [2.24, 2.45) is 0 Å². The summed E-state index contributed by atoms with van der Waals surface area (Å²) < 4.78 is 5.45. The number of likely N-dealkylation sites (N-methyl/N-ethyl adjacent to an activating group) is 1. The van der Waals surface area contributed by atoms with Gasteiger partial charge in [0.2, 0.25) is 0 Å². The molecular formula is C18H22N2O2. The van der Waals surface area contributed by atoms with Crippen molar-refractivity contribution in [1.29, 1.82) is 0 Å². The number of nitrogens with zero attached hydrogens (tertiary/aromatic N) is 2. The van der Waals surface area contributed by atoms with E-state index in [9.17, 15) is 4.79 Å². The summed E-state index contributed by atoms with van der Waals surface area (Å²) in [4.78, 5) is 17.1.